The number of rotatable bonds is 3. The van der Waals surface area contributed by atoms with Gasteiger partial charge in [0, 0.05) is 25.7 Å². The van der Waals surface area contributed by atoms with Crippen molar-refractivity contribution in [1.82, 2.24) is 4.90 Å². The van der Waals surface area contributed by atoms with Gasteiger partial charge in [0.1, 0.15) is 0 Å². The van der Waals surface area contributed by atoms with Crippen LogP contribution in [-0.4, -0.2) is 42.8 Å². The van der Waals surface area contributed by atoms with Crippen molar-refractivity contribution in [2.24, 2.45) is 11.7 Å². The molecule has 0 spiro atoms. The van der Waals surface area contributed by atoms with E-state index in [-0.39, 0.29) is 0 Å². The first kappa shape index (κ1) is 9.96. The molecular weight excluding hydrogens is 152 g/mol. The molecule has 1 fully saturated rings. The van der Waals surface area contributed by atoms with Crippen molar-refractivity contribution in [3.63, 3.8) is 0 Å². The third kappa shape index (κ3) is 3.09. The van der Waals surface area contributed by atoms with Crippen molar-refractivity contribution in [2.45, 2.75) is 25.3 Å². The molecule has 0 aromatic heterocycles. The van der Waals surface area contributed by atoms with E-state index in [0.29, 0.717) is 18.6 Å². The molecule has 0 amide bonds. The smallest absolute Gasteiger partial charge is 0.0431 e. The lowest BCUT2D eigenvalue weighted by atomic mass is 9.91. The molecule has 1 rings (SSSR count). The quantitative estimate of drug-likeness (QED) is 0.632. The fourth-order valence-corrected chi connectivity index (χ4v) is 2.08. The van der Waals surface area contributed by atoms with Crippen LogP contribution < -0.4 is 5.73 Å². The van der Waals surface area contributed by atoms with Gasteiger partial charge in [-0.3, -0.25) is 0 Å². The first-order valence-electron chi connectivity index (χ1n) is 4.77. The average Bonchev–Trinajstić information content (AvgIpc) is 1.99. The molecule has 0 aliphatic carbocycles. The van der Waals surface area contributed by atoms with E-state index in [1.807, 2.05) is 0 Å². The van der Waals surface area contributed by atoms with Crippen molar-refractivity contribution in [3.8, 4) is 0 Å². The summed E-state index contributed by atoms with van der Waals surface area (Å²) < 4.78 is 0. The Labute approximate surface area is 74.5 Å². The minimum Gasteiger partial charge on any atom is -0.396 e. The Balaban J connectivity index is 2.24. The van der Waals surface area contributed by atoms with Crippen LogP contribution in [0, 0.1) is 5.92 Å². The number of hydrogen-bond donors (Lipinski definition) is 2. The predicted molar refractivity (Wildman–Crippen MR) is 49.9 cm³/mol. The molecule has 3 heteroatoms. The SMILES string of the molecule is CN1CC(N)CC(CCCO)C1. The molecule has 72 valence electrons. The van der Waals surface area contributed by atoms with E-state index in [1.165, 1.54) is 0 Å². The van der Waals surface area contributed by atoms with Crippen LogP contribution in [0.15, 0.2) is 0 Å². The topological polar surface area (TPSA) is 49.5 Å². The first-order chi connectivity index (χ1) is 5.72. The summed E-state index contributed by atoms with van der Waals surface area (Å²) in [7, 11) is 2.12. The van der Waals surface area contributed by atoms with E-state index in [2.05, 4.69) is 11.9 Å². The maximum absolute atomic E-state index is 8.68. The Morgan fingerprint density at radius 1 is 1.50 bits per heavy atom. The molecule has 2 atom stereocenters. The van der Waals surface area contributed by atoms with E-state index < -0.39 is 0 Å². The molecule has 2 unspecified atom stereocenters. The molecule has 3 N–H and O–H groups in total. The second-order valence-electron chi connectivity index (χ2n) is 3.95. The summed E-state index contributed by atoms with van der Waals surface area (Å²) in [5.41, 5.74) is 5.88. The van der Waals surface area contributed by atoms with Gasteiger partial charge in [-0.05, 0) is 32.2 Å². The van der Waals surface area contributed by atoms with Crippen LogP contribution in [0.3, 0.4) is 0 Å². The van der Waals surface area contributed by atoms with Gasteiger partial charge in [0.25, 0.3) is 0 Å². The number of nitrogens with two attached hydrogens (primary N) is 1. The Bertz CT molecular complexity index is 120. The maximum atomic E-state index is 8.68. The largest absolute Gasteiger partial charge is 0.396 e. The van der Waals surface area contributed by atoms with Crippen LogP contribution in [-0.2, 0) is 0 Å². The standard InChI is InChI=1S/C9H20N2O/c1-11-6-8(3-2-4-12)5-9(10)7-11/h8-9,12H,2-7,10H2,1H3. The number of piperidine rings is 1. The zero-order valence-electron chi connectivity index (χ0n) is 7.87. The molecule has 0 bridgehead atoms. The van der Waals surface area contributed by atoms with Crippen molar-refractivity contribution in [2.75, 3.05) is 26.7 Å². The molecule has 0 aromatic rings. The van der Waals surface area contributed by atoms with Gasteiger partial charge in [0.05, 0.1) is 0 Å². The van der Waals surface area contributed by atoms with Crippen molar-refractivity contribution in [3.05, 3.63) is 0 Å². The van der Waals surface area contributed by atoms with Crippen molar-refractivity contribution in [1.29, 1.82) is 0 Å². The summed E-state index contributed by atoms with van der Waals surface area (Å²) in [5, 5.41) is 8.68. The molecule has 0 radical (unpaired) electrons. The van der Waals surface area contributed by atoms with Crippen LogP contribution in [0.4, 0.5) is 0 Å². The number of hydrogen-bond acceptors (Lipinski definition) is 3. The number of likely N-dealkylation sites (N-methyl/N-ethyl adjacent to an activating group) is 1. The minimum absolute atomic E-state index is 0.315. The zero-order chi connectivity index (χ0) is 8.97. The lowest BCUT2D eigenvalue weighted by Crippen LogP contribution is -2.45. The second-order valence-corrected chi connectivity index (χ2v) is 3.95. The Morgan fingerprint density at radius 3 is 2.83 bits per heavy atom. The average molecular weight is 172 g/mol. The van der Waals surface area contributed by atoms with Gasteiger partial charge in [-0.2, -0.15) is 0 Å². The van der Waals surface area contributed by atoms with E-state index in [0.717, 1.165) is 32.4 Å². The highest BCUT2D eigenvalue weighted by atomic mass is 16.2. The van der Waals surface area contributed by atoms with Gasteiger partial charge >= 0.3 is 0 Å². The highest BCUT2D eigenvalue weighted by molar-refractivity contribution is 4.79. The summed E-state index contributed by atoms with van der Waals surface area (Å²) in [4.78, 5) is 2.29. The maximum Gasteiger partial charge on any atom is 0.0431 e. The summed E-state index contributed by atoms with van der Waals surface area (Å²) in [5.74, 6) is 0.700. The van der Waals surface area contributed by atoms with E-state index in [4.69, 9.17) is 10.8 Å². The molecule has 1 saturated heterocycles. The van der Waals surface area contributed by atoms with Crippen molar-refractivity contribution < 1.29 is 5.11 Å². The molecule has 0 saturated carbocycles. The van der Waals surface area contributed by atoms with Crippen LogP contribution >= 0.6 is 0 Å². The van der Waals surface area contributed by atoms with Gasteiger partial charge in [-0.1, -0.05) is 0 Å². The van der Waals surface area contributed by atoms with Crippen LogP contribution in [0.2, 0.25) is 0 Å². The van der Waals surface area contributed by atoms with Gasteiger partial charge in [0.2, 0.25) is 0 Å². The first-order valence-corrected chi connectivity index (χ1v) is 4.77. The van der Waals surface area contributed by atoms with E-state index in [9.17, 15) is 0 Å². The van der Waals surface area contributed by atoms with Gasteiger partial charge in [-0.15, -0.1) is 0 Å². The van der Waals surface area contributed by atoms with E-state index in [1.54, 1.807) is 0 Å². The lowest BCUT2D eigenvalue weighted by molar-refractivity contribution is 0.170. The number of nitrogens with zero attached hydrogens (tertiary/aromatic N) is 1. The van der Waals surface area contributed by atoms with Gasteiger partial charge < -0.3 is 15.7 Å². The monoisotopic (exact) mass is 172 g/mol. The molecule has 1 aliphatic heterocycles. The van der Waals surface area contributed by atoms with Gasteiger partial charge in [0.15, 0.2) is 0 Å². The zero-order valence-corrected chi connectivity index (χ0v) is 7.87. The normalized spacial score (nSPS) is 32.2. The summed E-state index contributed by atoms with van der Waals surface area (Å²) >= 11 is 0. The Kier molecular flexibility index (Phi) is 3.98. The van der Waals surface area contributed by atoms with E-state index >= 15 is 0 Å². The predicted octanol–water partition coefficient (Wildman–Crippen LogP) is 0.0379. The van der Waals surface area contributed by atoms with Crippen molar-refractivity contribution >= 4 is 0 Å². The number of aliphatic hydroxyl groups is 1. The van der Waals surface area contributed by atoms with Crippen LogP contribution in [0.1, 0.15) is 19.3 Å². The fourth-order valence-electron chi connectivity index (χ4n) is 2.08. The minimum atomic E-state index is 0.315. The molecule has 3 nitrogen and oxygen atoms in total. The Hall–Kier alpha value is -0.120. The summed E-state index contributed by atoms with van der Waals surface area (Å²) in [6.45, 7) is 2.48. The molecule has 12 heavy (non-hydrogen) atoms. The highest BCUT2D eigenvalue weighted by Crippen LogP contribution is 2.18. The Morgan fingerprint density at radius 2 is 2.25 bits per heavy atom. The summed E-state index contributed by atoms with van der Waals surface area (Å²) in [6.07, 6.45) is 3.17. The van der Waals surface area contributed by atoms with Gasteiger partial charge in [-0.25, -0.2) is 0 Å². The fraction of sp³-hybridized carbons (Fsp3) is 1.00. The molecule has 0 aromatic carbocycles. The molecule has 1 aliphatic rings. The molecular formula is C9H20N2O. The number of likely N-dealkylation sites (tertiary alicyclic amines) is 1. The second kappa shape index (κ2) is 4.80. The summed E-state index contributed by atoms with van der Waals surface area (Å²) in [6, 6.07) is 0.340. The lowest BCUT2D eigenvalue weighted by Gasteiger charge is -2.33. The highest BCUT2D eigenvalue weighted by Gasteiger charge is 2.21. The third-order valence-corrected chi connectivity index (χ3v) is 2.52. The van der Waals surface area contributed by atoms with Crippen LogP contribution in [0.25, 0.3) is 0 Å². The third-order valence-electron chi connectivity index (χ3n) is 2.52. The number of aliphatic hydroxyl groups excluding tert-OH is 1. The molecule has 1 heterocycles. The van der Waals surface area contributed by atoms with Crippen LogP contribution in [0.5, 0.6) is 0 Å².